The summed E-state index contributed by atoms with van der Waals surface area (Å²) >= 11 is 0. The minimum atomic E-state index is -3.66. The highest BCUT2D eigenvalue weighted by molar-refractivity contribution is 7.92. The second-order valence-electron chi connectivity index (χ2n) is 7.82. The summed E-state index contributed by atoms with van der Waals surface area (Å²) in [5.41, 5.74) is 0.949. The standard InChI is InChI=1S/C23H30N2O5S/c1-5-23(6-2)15-20(19-9-7-8-10-21(19)30-23)24-22(26)16-25(31(4,27)28)17-11-13-18(29-3)14-12-17/h7-14,20H,5-6,15-16H2,1-4H3,(H,24,26). The SMILES string of the molecule is CCC1(CC)CC(NC(=O)CN(c2ccc(OC)cc2)S(C)(=O)=O)c2ccccc2O1. The summed E-state index contributed by atoms with van der Waals surface area (Å²) in [5.74, 6) is 0.998. The van der Waals surface area contributed by atoms with Crippen LogP contribution >= 0.6 is 0 Å². The van der Waals surface area contributed by atoms with E-state index in [1.54, 1.807) is 24.3 Å². The second-order valence-corrected chi connectivity index (χ2v) is 9.73. The first-order chi connectivity index (χ1) is 14.7. The van der Waals surface area contributed by atoms with Crippen molar-refractivity contribution in [3.8, 4) is 11.5 Å². The molecule has 0 bridgehead atoms. The van der Waals surface area contributed by atoms with Crippen molar-refractivity contribution in [3.05, 3.63) is 54.1 Å². The van der Waals surface area contributed by atoms with Gasteiger partial charge >= 0.3 is 0 Å². The zero-order valence-electron chi connectivity index (χ0n) is 18.4. The minimum Gasteiger partial charge on any atom is -0.497 e. The van der Waals surface area contributed by atoms with E-state index in [4.69, 9.17) is 9.47 Å². The molecule has 7 nitrogen and oxygen atoms in total. The molecule has 0 aliphatic carbocycles. The van der Waals surface area contributed by atoms with Crippen LogP contribution in [-0.4, -0.2) is 39.8 Å². The van der Waals surface area contributed by atoms with Crippen molar-refractivity contribution < 1.29 is 22.7 Å². The molecule has 0 spiro atoms. The van der Waals surface area contributed by atoms with E-state index in [0.29, 0.717) is 17.9 Å². The van der Waals surface area contributed by atoms with Crippen molar-refractivity contribution in [1.29, 1.82) is 0 Å². The fraction of sp³-hybridized carbons (Fsp3) is 0.435. The second kappa shape index (κ2) is 9.18. The Labute approximate surface area is 184 Å². The zero-order chi connectivity index (χ0) is 22.6. The summed E-state index contributed by atoms with van der Waals surface area (Å²) in [4.78, 5) is 13.0. The number of rotatable bonds is 8. The number of nitrogens with zero attached hydrogens (tertiary/aromatic N) is 1. The number of carbonyl (C=O) groups is 1. The van der Waals surface area contributed by atoms with E-state index in [2.05, 4.69) is 19.2 Å². The maximum atomic E-state index is 13.0. The molecule has 8 heteroatoms. The molecule has 168 valence electrons. The van der Waals surface area contributed by atoms with Gasteiger partial charge in [0, 0.05) is 12.0 Å². The molecule has 0 radical (unpaired) electrons. The highest BCUT2D eigenvalue weighted by Gasteiger charge is 2.39. The van der Waals surface area contributed by atoms with E-state index in [0.717, 1.165) is 34.7 Å². The first-order valence-corrected chi connectivity index (χ1v) is 12.2. The van der Waals surface area contributed by atoms with Crippen LogP contribution in [0.4, 0.5) is 5.69 Å². The van der Waals surface area contributed by atoms with E-state index in [-0.39, 0.29) is 24.1 Å². The highest BCUT2D eigenvalue weighted by Crippen LogP contribution is 2.42. The van der Waals surface area contributed by atoms with Crippen molar-refractivity contribution in [3.63, 3.8) is 0 Å². The highest BCUT2D eigenvalue weighted by atomic mass is 32.2. The number of anilines is 1. The van der Waals surface area contributed by atoms with Gasteiger partial charge in [0.2, 0.25) is 15.9 Å². The summed E-state index contributed by atoms with van der Waals surface area (Å²) in [6.45, 7) is 3.84. The van der Waals surface area contributed by atoms with Crippen molar-refractivity contribution in [2.45, 2.75) is 44.8 Å². The first-order valence-electron chi connectivity index (χ1n) is 10.4. The summed E-state index contributed by atoms with van der Waals surface area (Å²) in [7, 11) is -2.12. The third kappa shape index (κ3) is 5.12. The van der Waals surface area contributed by atoms with Crippen molar-refractivity contribution >= 4 is 21.6 Å². The van der Waals surface area contributed by atoms with Crippen LogP contribution in [0.1, 0.15) is 44.7 Å². The van der Waals surface area contributed by atoms with Crippen molar-refractivity contribution in [2.75, 3.05) is 24.2 Å². The van der Waals surface area contributed by atoms with Crippen molar-refractivity contribution in [2.24, 2.45) is 0 Å². The molecule has 0 saturated carbocycles. The van der Waals surface area contributed by atoms with Gasteiger partial charge in [-0.3, -0.25) is 9.10 Å². The number of carbonyl (C=O) groups excluding carboxylic acids is 1. The summed E-state index contributed by atoms with van der Waals surface area (Å²) in [5, 5.41) is 3.04. The largest absolute Gasteiger partial charge is 0.497 e. The lowest BCUT2D eigenvalue weighted by atomic mass is 9.83. The maximum absolute atomic E-state index is 13.0. The van der Waals surface area contributed by atoms with Crippen LogP contribution < -0.4 is 19.1 Å². The van der Waals surface area contributed by atoms with E-state index < -0.39 is 10.0 Å². The Balaban J connectivity index is 1.83. The topological polar surface area (TPSA) is 84.9 Å². The van der Waals surface area contributed by atoms with Crippen LogP contribution in [0.2, 0.25) is 0 Å². The van der Waals surface area contributed by atoms with Crippen LogP contribution in [0, 0.1) is 0 Å². The van der Waals surface area contributed by atoms with Gasteiger partial charge in [0.05, 0.1) is 25.1 Å². The van der Waals surface area contributed by atoms with Crippen LogP contribution in [-0.2, 0) is 14.8 Å². The predicted molar refractivity (Wildman–Crippen MR) is 121 cm³/mol. The van der Waals surface area contributed by atoms with Gasteiger partial charge in [-0.25, -0.2) is 8.42 Å². The summed E-state index contributed by atoms with van der Waals surface area (Å²) in [6, 6.07) is 14.0. The Hall–Kier alpha value is -2.74. The number of sulfonamides is 1. The molecule has 0 saturated heterocycles. The number of fused-ring (bicyclic) bond motifs is 1. The number of hydrogen-bond donors (Lipinski definition) is 1. The van der Waals surface area contributed by atoms with Gasteiger partial charge in [-0.1, -0.05) is 32.0 Å². The number of para-hydroxylation sites is 1. The van der Waals surface area contributed by atoms with Gasteiger partial charge in [-0.05, 0) is 43.2 Å². The van der Waals surface area contributed by atoms with Crippen LogP contribution in [0.3, 0.4) is 0 Å². The molecular weight excluding hydrogens is 416 g/mol. The van der Waals surface area contributed by atoms with Gasteiger partial charge in [0.1, 0.15) is 23.6 Å². The zero-order valence-corrected chi connectivity index (χ0v) is 19.2. The Kier molecular flexibility index (Phi) is 6.79. The van der Waals surface area contributed by atoms with Gasteiger partial charge < -0.3 is 14.8 Å². The Morgan fingerprint density at radius 2 is 1.81 bits per heavy atom. The maximum Gasteiger partial charge on any atom is 0.241 e. The number of benzene rings is 2. The average molecular weight is 447 g/mol. The van der Waals surface area contributed by atoms with Crippen molar-refractivity contribution in [1.82, 2.24) is 5.32 Å². The van der Waals surface area contributed by atoms with E-state index in [9.17, 15) is 13.2 Å². The predicted octanol–water partition coefficient (Wildman–Crippen LogP) is 3.66. The number of nitrogens with one attached hydrogen (secondary N) is 1. The van der Waals surface area contributed by atoms with E-state index in [1.807, 2.05) is 24.3 Å². The lowest BCUT2D eigenvalue weighted by molar-refractivity contribution is -0.121. The summed E-state index contributed by atoms with van der Waals surface area (Å²) in [6.07, 6.45) is 3.34. The third-order valence-electron chi connectivity index (χ3n) is 5.87. The number of ether oxygens (including phenoxy) is 2. The Morgan fingerprint density at radius 3 is 2.39 bits per heavy atom. The average Bonchev–Trinajstić information content (AvgIpc) is 2.76. The fourth-order valence-electron chi connectivity index (χ4n) is 3.95. The minimum absolute atomic E-state index is 0.255. The molecule has 2 aromatic rings. The Morgan fingerprint density at radius 1 is 1.16 bits per heavy atom. The number of amides is 1. The first kappa shape index (κ1) is 22.9. The summed E-state index contributed by atoms with van der Waals surface area (Å²) < 4.78 is 37.3. The van der Waals surface area contributed by atoms with Crippen LogP contribution in [0.15, 0.2) is 48.5 Å². The monoisotopic (exact) mass is 446 g/mol. The third-order valence-corrected chi connectivity index (χ3v) is 7.01. The normalized spacial score (nSPS) is 17.2. The molecule has 1 aliphatic rings. The molecule has 1 N–H and O–H groups in total. The molecule has 2 aromatic carbocycles. The lowest BCUT2D eigenvalue weighted by Crippen LogP contribution is -2.47. The van der Waals surface area contributed by atoms with E-state index >= 15 is 0 Å². The number of methoxy groups -OCH3 is 1. The van der Waals surface area contributed by atoms with Gasteiger partial charge in [-0.2, -0.15) is 0 Å². The smallest absolute Gasteiger partial charge is 0.241 e. The van der Waals surface area contributed by atoms with Gasteiger partial charge in [-0.15, -0.1) is 0 Å². The molecule has 31 heavy (non-hydrogen) atoms. The molecule has 1 heterocycles. The molecule has 1 unspecified atom stereocenters. The molecule has 0 fully saturated rings. The van der Waals surface area contributed by atoms with Crippen LogP contribution in [0.5, 0.6) is 11.5 Å². The number of hydrogen-bond acceptors (Lipinski definition) is 5. The lowest BCUT2D eigenvalue weighted by Gasteiger charge is -2.41. The molecule has 1 atom stereocenters. The molecule has 1 aliphatic heterocycles. The van der Waals surface area contributed by atoms with Gasteiger partial charge in [0.15, 0.2) is 0 Å². The molecule has 1 amide bonds. The Bertz CT molecular complexity index is 1020. The van der Waals surface area contributed by atoms with Crippen LogP contribution in [0.25, 0.3) is 0 Å². The molecule has 3 rings (SSSR count). The molecular formula is C23H30N2O5S. The molecule has 0 aromatic heterocycles. The van der Waals surface area contributed by atoms with E-state index in [1.165, 1.54) is 7.11 Å². The van der Waals surface area contributed by atoms with Gasteiger partial charge in [0.25, 0.3) is 0 Å². The fourth-order valence-corrected chi connectivity index (χ4v) is 4.81. The quantitative estimate of drug-likeness (QED) is 0.669.